The molecule has 0 aromatic heterocycles. The van der Waals surface area contributed by atoms with Crippen molar-refractivity contribution in [3.8, 4) is 0 Å². The van der Waals surface area contributed by atoms with Crippen LogP contribution < -0.4 is 0 Å². The lowest BCUT2D eigenvalue weighted by Gasteiger charge is -2.36. The highest BCUT2D eigenvalue weighted by atomic mass is 16.2. The Hall–Kier alpha value is -2.46. The quantitative estimate of drug-likeness (QED) is 0.430. The third-order valence-corrected chi connectivity index (χ3v) is 7.01. The molecule has 0 radical (unpaired) electrons. The molecule has 1 atom stereocenters. The predicted molar refractivity (Wildman–Crippen MR) is 136 cm³/mol. The number of hydrogen-bond donors (Lipinski definition) is 0. The maximum Gasteiger partial charge on any atom is 0.251 e. The van der Waals surface area contributed by atoms with Crippen molar-refractivity contribution in [2.75, 3.05) is 26.2 Å². The van der Waals surface area contributed by atoms with Gasteiger partial charge in [-0.25, -0.2) is 0 Å². The van der Waals surface area contributed by atoms with E-state index < -0.39 is 0 Å². The zero-order chi connectivity index (χ0) is 23.3. The number of nitrogens with zero attached hydrogens (tertiary/aromatic N) is 3. The molecular weight excluding hydrogens is 394 g/mol. The van der Waals surface area contributed by atoms with Gasteiger partial charge in [0, 0.05) is 25.0 Å². The molecule has 3 rings (SSSR count). The summed E-state index contributed by atoms with van der Waals surface area (Å²) >= 11 is 0. The molecular formula is C28H39N3O. The second-order valence-corrected chi connectivity index (χ2v) is 9.17. The summed E-state index contributed by atoms with van der Waals surface area (Å²) in [6.45, 7) is 16.8. The fourth-order valence-electron chi connectivity index (χ4n) is 4.53. The largest absolute Gasteiger partial charge is 0.308 e. The number of aliphatic imine (C=N–C) groups is 1. The molecule has 2 aliphatic rings. The minimum atomic E-state index is 0.0512. The smallest absolute Gasteiger partial charge is 0.251 e. The molecule has 1 aromatic rings. The van der Waals surface area contributed by atoms with E-state index in [1.807, 2.05) is 25.0 Å². The Labute approximate surface area is 194 Å². The van der Waals surface area contributed by atoms with E-state index in [-0.39, 0.29) is 11.9 Å². The molecule has 1 fully saturated rings. The van der Waals surface area contributed by atoms with E-state index in [4.69, 9.17) is 0 Å². The van der Waals surface area contributed by atoms with Crippen molar-refractivity contribution in [1.82, 2.24) is 9.80 Å². The number of amides is 1. The Kier molecular flexibility index (Phi) is 8.25. The van der Waals surface area contributed by atoms with Gasteiger partial charge in [-0.15, -0.1) is 0 Å². The number of carbonyl (C=O) groups is 1. The third kappa shape index (κ3) is 5.66. The van der Waals surface area contributed by atoms with E-state index in [2.05, 4.69) is 68.1 Å². The van der Waals surface area contributed by atoms with Crippen LogP contribution in [0.25, 0.3) is 5.57 Å². The zero-order valence-corrected chi connectivity index (χ0v) is 20.7. The Balaban J connectivity index is 1.81. The van der Waals surface area contributed by atoms with Gasteiger partial charge in [0.15, 0.2) is 0 Å². The lowest BCUT2D eigenvalue weighted by molar-refractivity contribution is -0.124. The van der Waals surface area contributed by atoms with E-state index in [0.29, 0.717) is 5.92 Å². The number of benzene rings is 1. The zero-order valence-electron chi connectivity index (χ0n) is 20.7. The average molecular weight is 434 g/mol. The Morgan fingerprint density at radius 1 is 1.19 bits per heavy atom. The van der Waals surface area contributed by atoms with Crippen LogP contribution in [-0.4, -0.2) is 54.1 Å². The molecule has 0 bridgehead atoms. The molecule has 0 N–H and O–H groups in total. The van der Waals surface area contributed by atoms with E-state index in [9.17, 15) is 4.79 Å². The predicted octanol–water partition coefficient (Wildman–Crippen LogP) is 5.63. The van der Waals surface area contributed by atoms with Crippen LogP contribution in [0.15, 0.2) is 52.7 Å². The molecule has 1 amide bonds. The normalized spacial score (nSPS) is 21.1. The van der Waals surface area contributed by atoms with E-state index in [1.54, 1.807) is 6.08 Å². The van der Waals surface area contributed by atoms with Crippen LogP contribution >= 0.6 is 0 Å². The number of allylic oxidation sites excluding steroid dienone is 3. The van der Waals surface area contributed by atoms with E-state index >= 15 is 0 Å². The monoisotopic (exact) mass is 433 g/mol. The van der Waals surface area contributed by atoms with E-state index in [1.165, 1.54) is 29.6 Å². The van der Waals surface area contributed by atoms with Gasteiger partial charge in [0.05, 0.1) is 6.04 Å². The van der Waals surface area contributed by atoms with Gasteiger partial charge < -0.3 is 9.80 Å². The molecule has 172 valence electrons. The van der Waals surface area contributed by atoms with Crippen LogP contribution in [0, 0.1) is 12.8 Å². The molecule has 0 saturated carbocycles. The summed E-state index contributed by atoms with van der Waals surface area (Å²) in [5, 5.41) is 0. The van der Waals surface area contributed by atoms with Crippen molar-refractivity contribution in [3.05, 3.63) is 64.4 Å². The molecule has 4 heteroatoms. The first-order chi connectivity index (χ1) is 15.3. The maximum absolute atomic E-state index is 13.3. The molecule has 2 aliphatic heterocycles. The first-order valence-electron chi connectivity index (χ1n) is 12.1. The number of hydrogen-bond acceptors (Lipinski definition) is 3. The van der Waals surface area contributed by atoms with Crippen molar-refractivity contribution in [3.63, 3.8) is 0 Å². The van der Waals surface area contributed by atoms with Gasteiger partial charge in [0.2, 0.25) is 0 Å². The van der Waals surface area contributed by atoms with E-state index in [0.717, 1.165) is 42.9 Å². The van der Waals surface area contributed by atoms with Gasteiger partial charge in [-0.05, 0) is 107 Å². The highest BCUT2D eigenvalue weighted by Crippen LogP contribution is 2.31. The van der Waals surface area contributed by atoms with Crippen molar-refractivity contribution < 1.29 is 4.79 Å². The van der Waals surface area contributed by atoms with Crippen molar-refractivity contribution in [2.24, 2.45) is 10.9 Å². The van der Waals surface area contributed by atoms with Crippen LogP contribution in [0.4, 0.5) is 0 Å². The fraction of sp³-hybridized carbons (Fsp3) is 0.500. The van der Waals surface area contributed by atoms with Crippen molar-refractivity contribution >= 4 is 17.7 Å². The van der Waals surface area contributed by atoms with Gasteiger partial charge >= 0.3 is 0 Å². The molecule has 2 heterocycles. The lowest BCUT2D eigenvalue weighted by atomic mass is 9.86. The van der Waals surface area contributed by atoms with Crippen molar-refractivity contribution in [1.29, 1.82) is 0 Å². The fourth-order valence-corrected chi connectivity index (χ4v) is 4.53. The molecule has 32 heavy (non-hydrogen) atoms. The highest BCUT2D eigenvalue weighted by Gasteiger charge is 2.27. The molecule has 1 saturated heterocycles. The lowest BCUT2D eigenvalue weighted by Crippen LogP contribution is -2.38. The summed E-state index contributed by atoms with van der Waals surface area (Å²) in [4.78, 5) is 22.1. The van der Waals surface area contributed by atoms with Gasteiger partial charge in [0.1, 0.15) is 0 Å². The molecule has 1 aromatic carbocycles. The van der Waals surface area contributed by atoms with Gasteiger partial charge in [-0.2, -0.15) is 0 Å². The van der Waals surface area contributed by atoms with Crippen LogP contribution in [0.1, 0.15) is 64.2 Å². The first-order valence-corrected chi connectivity index (χ1v) is 12.1. The molecule has 0 aliphatic carbocycles. The third-order valence-electron chi connectivity index (χ3n) is 7.01. The average Bonchev–Trinajstić information content (AvgIpc) is 2.80. The number of aryl methyl sites for hydroxylation is 1. The number of piperidine rings is 1. The standard InChI is InChI=1S/C28H39N3O/c1-7-29-18-26-17-25(10-9-20(26)3)22(5)16-28(32)31-19-27(15-21(4)23(31)6)24-11-13-30(8-2)14-12-24/h9-10,15-19,23-24H,7-8,11-14H2,1-6H3/b22-16+,29-18?. The van der Waals surface area contributed by atoms with Crippen LogP contribution in [0.5, 0.6) is 0 Å². The van der Waals surface area contributed by atoms with Crippen LogP contribution in [0.2, 0.25) is 0 Å². The second kappa shape index (κ2) is 10.9. The summed E-state index contributed by atoms with van der Waals surface area (Å²) in [7, 11) is 0. The molecule has 4 nitrogen and oxygen atoms in total. The van der Waals surface area contributed by atoms with Crippen molar-refractivity contribution in [2.45, 2.75) is 60.4 Å². The summed E-state index contributed by atoms with van der Waals surface area (Å²) in [5.74, 6) is 0.591. The minimum absolute atomic E-state index is 0.0512. The molecule has 1 unspecified atom stereocenters. The van der Waals surface area contributed by atoms with Crippen LogP contribution in [-0.2, 0) is 4.79 Å². The second-order valence-electron chi connectivity index (χ2n) is 9.17. The first kappa shape index (κ1) is 24.2. The Morgan fingerprint density at radius 2 is 1.91 bits per heavy atom. The Morgan fingerprint density at radius 3 is 2.56 bits per heavy atom. The number of likely N-dealkylation sites (tertiary alicyclic amines) is 1. The topological polar surface area (TPSA) is 35.9 Å². The molecule has 0 spiro atoms. The number of carbonyl (C=O) groups excluding carboxylic acids is 1. The highest BCUT2D eigenvalue weighted by molar-refractivity contribution is 5.96. The maximum atomic E-state index is 13.3. The summed E-state index contributed by atoms with van der Waals surface area (Å²) < 4.78 is 0. The summed E-state index contributed by atoms with van der Waals surface area (Å²) in [6, 6.07) is 6.40. The van der Waals surface area contributed by atoms with Gasteiger partial charge in [-0.1, -0.05) is 30.7 Å². The summed E-state index contributed by atoms with van der Waals surface area (Å²) in [6.07, 6.45) is 10.5. The van der Waals surface area contributed by atoms with Gasteiger partial charge in [-0.3, -0.25) is 9.79 Å². The summed E-state index contributed by atoms with van der Waals surface area (Å²) in [5.41, 5.74) is 6.91. The Bertz CT molecular complexity index is 945. The number of rotatable bonds is 6. The SMILES string of the molecule is CCN=Cc1cc(/C(C)=C/C(=O)N2C=C(C3CCN(CC)CC3)C=C(C)C2C)ccc1C. The van der Waals surface area contributed by atoms with Crippen LogP contribution in [0.3, 0.4) is 0 Å². The van der Waals surface area contributed by atoms with Gasteiger partial charge in [0.25, 0.3) is 5.91 Å². The minimum Gasteiger partial charge on any atom is -0.308 e.